The third-order valence-corrected chi connectivity index (χ3v) is 5.11. The predicted octanol–water partition coefficient (Wildman–Crippen LogP) is 4.03. The molecule has 2 aromatic heterocycles. The summed E-state index contributed by atoms with van der Waals surface area (Å²) in [4.78, 5) is 13.8. The molecule has 0 atom stereocenters. The first-order valence-electron chi connectivity index (χ1n) is 8.88. The van der Waals surface area contributed by atoms with E-state index in [9.17, 15) is 23.2 Å². The number of hydrogen-bond donors (Lipinski definition) is 0. The Morgan fingerprint density at radius 1 is 1.27 bits per heavy atom. The van der Waals surface area contributed by atoms with E-state index in [1.165, 1.54) is 31.6 Å². The molecule has 7 nitrogen and oxygen atoms in total. The Balaban J connectivity index is 1.71. The van der Waals surface area contributed by atoms with Crippen molar-refractivity contribution in [3.05, 3.63) is 52.9 Å². The van der Waals surface area contributed by atoms with Gasteiger partial charge < -0.3 is 0 Å². The lowest BCUT2D eigenvalue weighted by Gasteiger charge is -2.14. The van der Waals surface area contributed by atoms with Crippen LogP contribution in [0, 0.1) is 11.5 Å². The SMILES string of the molecule is Cn1ncc(C(F)(F)F)c1-n1cc(-c2ccc(Cl)c(C(=O)N(C#N)C3CC3)c2)cn1. The summed E-state index contributed by atoms with van der Waals surface area (Å²) in [6.45, 7) is 0. The molecule has 30 heavy (non-hydrogen) atoms. The van der Waals surface area contributed by atoms with E-state index < -0.39 is 17.6 Å². The molecule has 0 unspecified atom stereocenters. The second kappa shape index (κ2) is 7.18. The molecule has 1 aliphatic rings. The van der Waals surface area contributed by atoms with Gasteiger partial charge in [0.2, 0.25) is 0 Å². The monoisotopic (exact) mass is 434 g/mol. The van der Waals surface area contributed by atoms with Gasteiger partial charge in [-0.15, -0.1) is 0 Å². The number of carbonyl (C=O) groups excluding carboxylic acids is 1. The molecule has 0 radical (unpaired) electrons. The first-order valence-corrected chi connectivity index (χ1v) is 9.26. The molecule has 1 amide bonds. The fraction of sp³-hybridized carbons (Fsp3) is 0.263. The van der Waals surface area contributed by atoms with Crippen molar-refractivity contribution in [3.63, 3.8) is 0 Å². The highest BCUT2D eigenvalue weighted by molar-refractivity contribution is 6.34. The number of nitrogens with zero attached hydrogens (tertiary/aromatic N) is 6. The molecule has 0 spiro atoms. The Hall–Kier alpha value is -3.32. The van der Waals surface area contributed by atoms with Crippen molar-refractivity contribution >= 4 is 17.5 Å². The Morgan fingerprint density at radius 3 is 2.63 bits per heavy atom. The molecule has 4 rings (SSSR count). The van der Waals surface area contributed by atoms with Gasteiger partial charge in [-0.25, -0.2) is 9.58 Å². The van der Waals surface area contributed by atoms with Crippen molar-refractivity contribution in [1.29, 1.82) is 5.26 Å². The average Bonchev–Trinajstić information content (AvgIpc) is 3.25. The van der Waals surface area contributed by atoms with Gasteiger partial charge in [0, 0.05) is 24.8 Å². The first-order chi connectivity index (χ1) is 14.2. The van der Waals surface area contributed by atoms with E-state index in [-0.39, 0.29) is 22.4 Å². The summed E-state index contributed by atoms with van der Waals surface area (Å²) >= 11 is 6.17. The zero-order valence-electron chi connectivity index (χ0n) is 15.6. The lowest BCUT2D eigenvalue weighted by Crippen LogP contribution is -2.28. The quantitative estimate of drug-likeness (QED) is 0.458. The maximum Gasteiger partial charge on any atom is 0.421 e. The van der Waals surface area contributed by atoms with Crippen molar-refractivity contribution < 1.29 is 18.0 Å². The van der Waals surface area contributed by atoms with E-state index in [0.29, 0.717) is 11.1 Å². The van der Waals surface area contributed by atoms with Crippen LogP contribution >= 0.6 is 11.6 Å². The molecule has 0 aliphatic heterocycles. The minimum absolute atomic E-state index is 0.115. The van der Waals surface area contributed by atoms with Crippen molar-refractivity contribution in [1.82, 2.24) is 24.5 Å². The second-order valence-electron chi connectivity index (χ2n) is 6.88. The molecule has 0 N–H and O–H groups in total. The van der Waals surface area contributed by atoms with E-state index in [4.69, 9.17) is 11.6 Å². The van der Waals surface area contributed by atoms with E-state index in [2.05, 4.69) is 10.2 Å². The first kappa shape index (κ1) is 20.0. The normalized spacial score (nSPS) is 13.9. The number of alkyl halides is 3. The Labute approximate surface area is 173 Å². The molecule has 1 aliphatic carbocycles. The highest BCUT2D eigenvalue weighted by Crippen LogP contribution is 2.34. The number of carbonyl (C=O) groups is 1. The van der Waals surface area contributed by atoms with Crippen LogP contribution < -0.4 is 0 Å². The average molecular weight is 435 g/mol. The summed E-state index contributed by atoms with van der Waals surface area (Å²) in [5.74, 6) is -0.742. The minimum Gasteiger partial charge on any atom is -0.268 e. The topological polar surface area (TPSA) is 79.7 Å². The molecule has 1 aromatic carbocycles. The van der Waals surface area contributed by atoms with Crippen LogP contribution in [0.3, 0.4) is 0 Å². The highest BCUT2D eigenvalue weighted by atomic mass is 35.5. The number of benzene rings is 1. The number of aryl methyl sites for hydroxylation is 1. The van der Waals surface area contributed by atoms with Crippen molar-refractivity contribution in [2.75, 3.05) is 0 Å². The van der Waals surface area contributed by atoms with Crippen LogP contribution in [0.4, 0.5) is 13.2 Å². The summed E-state index contributed by atoms with van der Waals surface area (Å²) in [5.41, 5.74) is 0.232. The van der Waals surface area contributed by atoms with Gasteiger partial charge in [0.05, 0.1) is 23.0 Å². The van der Waals surface area contributed by atoms with Gasteiger partial charge in [-0.05, 0) is 30.5 Å². The standard InChI is InChI=1S/C19H14ClF3N6O/c1-27-17(15(8-25-27)19(21,22)23)29-9-12(7-26-29)11-2-5-16(20)14(6-11)18(30)28(10-24)13-3-4-13/h2,5-9,13H,3-4H2,1H3. The third-order valence-electron chi connectivity index (χ3n) is 4.78. The van der Waals surface area contributed by atoms with Crippen LogP contribution in [0.5, 0.6) is 0 Å². The smallest absolute Gasteiger partial charge is 0.268 e. The number of halogens is 4. The predicted molar refractivity (Wildman–Crippen MR) is 101 cm³/mol. The number of amides is 1. The molecule has 0 saturated heterocycles. The van der Waals surface area contributed by atoms with E-state index in [0.717, 1.165) is 33.3 Å². The fourth-order valence-electron chi connectivity index (χ4n) is 3.11. The van der Waals surface area contributed by atoms with Crippen molar-refractivity contribution in [2.24, 2.45) is 7.05 Å². The minimum atomic E-state index is -4.58. The zero-order chi connectivity index (χ0) is 21.6. The summed E-state index contributed by atoms with van der Waals surface area (Å²) in [7, 11) is 1.39. The Kier molecular flexibility index (Phi) is 4.78. The van der Waals surface area contributed by atoms with E-state index in [1.807, 2.05) is 6.19 Å². The maximum absolute atomic E-state index is 13.3. The van der Waals surface area contributed by atoms with Crippen LogP contribution in [0.25, 0.3) is 16.9 Å². The van der Waals surface area contributed by atoms with Gasteiger partial charge in [-0.1, -0.05) is 17.7 Å². The number of nitriles is 1. The summed E-state index contributed by atoms with van der Waals surface area (Å²) in [6.07, 6.45) is 2.36. The van der Waals surface area contributed by atoms with E-state index in [1.54, 1.807) is 6.07 Å². The molecule has 11 heteroatoms. The molecule has 3 aromatic rings. The van der Waals surface area contributed by atoms with Crippen LogP contribution in [-0.4, -0.2) is 36.4 Å². The van der Waals surface area contributed by atoms with Gasteiger partial charge in [0.25, 0.3) is 5.91 Å². The third kappa shape index (κ3) is 3.52. The number of aromatic nitrogens is 4. The van der Waals surface area contributed by atoms with Crippen molar-refractivity contribution in [2.45, 2.75) is 25.1 Å². The van der Waals surface area contributed by atoms with Gasteiger partial charge in [0.15, 0.2) is 12.0 Å². The number of hydrogen-bond acceptors (Lipinski definition) is 4. The molecule has 1 fully saturated rings. The Morgan fingerprint density at radius 2 is 2.00 bits per heavy atom. The van der Waals surface area contributed by atoms with Gasteiger partial charge in [-0.3, -0.25) is 9.48 Å². The zero-order valence-corrected chi connectivity index (χ0v) is 16.3. The maximum atomic E-state index is 13.3. The van der Waals surface area contributed by atoms with Gasteiger partial charge in [-0.2, -0.15) is 28.6 Å². The largest absolute Gasteiger partial charge is 0.421 e. The lowest BCUT2D eigenvalue weighted by molar-refractivity contribution is -0.137. The van der Waals surface area contributed by atoms with E-state index >= 15 is 0 Å². The molecular weight excluding hydrogens is 421 g/mol. The molecule has 0 bridgehead atoms. The molecular formula is C19H14ClF3N6O. The fourth-order valence-corrected chi connectivity index (χ4v) is 3.31. The summed E-state index contributed by atoms with van der Waals surface area (Å²) < 4.78 is 42.0. The van der Waals surface area contributed by atoms with Crippen LogP contribution in [0.1, 0.15) is 28.8 Å². The van der Waals surface area contributed by atoms with Crippen LogP contribution in [0.2, 0.25) is 5.02 Å². The van der Waals surface area contributed by atoms with Crippen LogP contribution in [0.15, 0.2) is 36.8 Å². The molecule has 154 valence electrons. The van der Waals surface area contributed by atoms with Gasteiger partial charge >= 0.3 is 6.18 Å². The lowest BCUT2D eigenvalue weighted by atomic mass is 10.1. The Bertz CT molecular complexity index is 1170. The number of rotatable bonds is 4. The molecule has 1 saturated carbocycles. The molecule has 2 heterocycles. The van der Waals surface area contributed by atoms with Gasteiger partial charge in [0.1, 0.15) is 5.56 Å². The van der Waals surface area contributed by atoms with Crippen molar-refractivity contribution in [3.8, 4) is 23.1 Å². The summed E-state index contributed by atoms with van der Waals surface area (Å²) in [5, 5.41) is 17.2. The van der Waals surface area contributed by atoms with Crippen LogP contribution in [-0.2, 0) is 13.2 Å². The highest BCUT2D eigenvalue weighted by Gasteiger charge is 2.37. The second-order valence-corrected chi connectivity index (χ2v) is 7.28. The summed E-state index contributed by atoms with van der Waals surface area (Å²) in [6, 6.07) is 4.53.